The number of hydrazine groups is 1. The third kappa shape index (κ3) is 4.40. The lowest BCUT2D eigenvalue weighted by Crippen LogP contribution is -2.41. The average molecular weight is 363 g/mol. The number of hydrogen-bond acceptors (Lipinski definition) is 4. The molecule has 0 unspecified atom stereocenters. The Balaban J connectivity index is 1.68. The largest absolute Gasteiger partial charge is 0.459 e. The first-order valence-corrected chi connectivity index (χ1v) is 8.16. The highest BCUT2D eigenvalue weighted by Gasteiger charge is 2.16. The zero-order valence-electron chi connectivity index (χ0n) is 14.5. The van der Waals surface area contributed by atoms with Gasteiger partial charge in [0.15, 0.2) is 5.76 Å². The first kappa shape index (κ1) is 17.9. The number of nitrogens with one attached hydrogen (secondary N) is 3. The predicted molar refractivity (Wildman–Crippen MR) is 99.2 cm³/mol. The maximum Gasteiger partial charge on any atom is 0.291 e. The molecule has 7 heteroatoms. The van der Waals surface area contributed by atoms with Crippen LogP contribution in [0, 0.1) is 6.92 Å². The lowest BCUT2D eigenvalue weighted by molar-refractivity contribution is 0.0847. The summed E-state index contributed by atoms with van der Waals surface area (Å²) >= 11 is 0. The Hall–Kier alpha value is -3.87. The molecule has 0 radical (unpaired) electrons. The van der Waals surface area contributed by atoms with Crippen molar-refractivity contribution >= 4 is 23.4 Å². The van der Waals surface area contributed by atoms with Gasteiger partial charge in [0.1, 0.15) is 0 Å². The molecule has 27 heavy (non-hydrogen) atoms. The minimum atomic E-state index is -0.564. The maximum absolute atomic E-state index is 12.4. The Morgan fingerprint density at radius 1 is 0.815 bits per heavy atom. The molecule has 3 amide bonds. The quantitative estimate of drug-likeness (QED) is 0.621. The summed E-state index contributed by atoms with van der Waals surface area (Å²) in [4.78, 5) is 36.7. The van der Waals surface area contributed by atoms with Crippen molar-refractivity contribution in [3.05, 3.63) is 89.4 Å². The number of para-hydroxylation sites is 1. The van der Waals surface area contributed by atoms with Crippen molar-refractivity contribution in [2.24, 2.45) is 0 Å². The van der Waals surface area contributed by atoms with E-state index in [0.29, 0.717) is 11.3 Å². The van der Waals surface area contributed by atoms with Gasteiger partial charge in [0.05, 0.1) is 17.5 Å². The number of aryl methyl sites for hydroxylation is 1. The van der Waals surface area contributed by atoms with E-state index >= 15 is 0 Å². The van der Waals surface area contributed by atoms with Gasteiger partial charge in [-0.3, -0.25) is 25.2 Å². The van der Waals surface area contributed by atoms with Crippen molar-refractivity contribution < 1.29 is 18.8 Å². The van der Waals surface area contributed by atoms with Crippen LogP contribution in [0.5, 0.6) is 0 Å². The van der Waals surface area contributed by atoms with E-state index < -0.39 is 17.7 Å². The van der Waals surface area contributed by atoms with Crippen molar-refractivity contribution in [3.8, 4) is 0 Å². The van der Waals surface area contributed by atoms with Crippen LogP contribution in [0.4, 0.5) is 5.69 Å². The highest BCUT2D eigenvalue weighted by molar-refractivity contribution is 6.08. The molecule has 7 nitrogen and oxygen atoms in total. The molecular formula is C20H17N3O4. The van der Waals surface area contributed by atoms with Crippen LogP contribution in [0.15, 0.2) is 71.3 Å². The summed E-state index contributed by atoms with van der Waals surface area (Å²) in [6.07, 6.45) is 1.38. The van der Waals surface area contributed by atoms with Gasteiger partial charge in [-0.1, -0.05) is 29.8 Å². The highest BCUT2D eigenvalue weighted by Crippen LogP contribution is 2.16. The fourth-order valence-electron chi connectivity index (χ4n) is 2.42. The lowest BCUT2D eigenvalue weighted by atomic mass is 10.1. The molecule has 0 aliphatic heterocycles. The number of amides is 3. The molecule has 0 saturated carbocycles. The molecule has 0 spiro atoms. The Labute approximate surface area is 155 Å². The van der Waals surface area contributed by atoms with E-state index in [1.165, 1.54) is 18.4 Å². The molecular weight excluding hydrogens is 346 g/mol. The number of rotatable bonds is 4. The van der Waals surface area contributed by atoms with Crippen molar-refractivity contribution in [3.63, 3.8) is 0 Å². The second kappa shape index (κ2) is 8.01. The normalized spacial score (nSPS) is 10.1. The molecule has 3 N–H and O–H groups in total. The van der Waals surface area contributed by atoms with Gasteiger partial charge in [0.2, 0.25) is 0 Å². The van der Waals surface area contributed by atoms with Crippen molar-refractivity contribution in [1.29, 1.82) is 0 Å². The van der Waals surface area contributed by atoms with Gasteiger partial charge >= 0.3 is 0 Å². The van der Waals surface area contributed by atoms with Gasteiger partial charge in [-0.15, -0.1) is 0 Å². The molecule has 0 bridgehead atoms. The molecule has 1 aromatic heterocycles. The Morgan fingerprint density at radius 3 is 2.33 bits per heavy atom. The average Bonchev–Trinajstić information content (AvgIpc) is 3.21. The fourth-order valence-corrected chi connectivity index (χ4v) is 2.42. The van der Waals surface area contributed by atoms with Crippen LogP contribution in [0.3, 0.4) is 0 Å². The minimum absolute atomic E-state index is 0.123. The Kier molecular flexibility index (Phi) is 5.32. The summed E-state index contributed by atoms with van der Waals surface area (Å²) in [7, 11) is 0. The van der Waals surface area contributed by atoms with Crippen LogP contribution in [0.2, 0.25) is 0 Å². The molecule has 1 heterocycles. The summed E-state index contributed by atoms with van der Waals surface area (Å²) in [6.45, 7) is 1.87. The molecule has 0 aliphatic carbocycles. The predicted octanol–water partition coefficient (Wildman–Crippen LogP) is 2.92. The standard InChI is InChI=1S/C20H17N3O4/c1-13-6-4-7-14(12-13)18(24)22-23-19(25)15-8-2-3-9-16(15)21-20(26)17-10-5-11-27-17/h2-12H,1H3,(H,21,26)(H,22,24)(H,23,25). The second-order valence-corrected chi connectivity index (χ2v) is 5.75. The Bertz CT molecular complexity index is 980. The maximum atomic E-state index is 12.4. The van der Waals surface area contributed by atoms with E-state index in [1.54, 1.807) is 42.5 Å². The number of carbonyl (C=O) groups is 3. The summed E-state index contributed by atoms with van der Waals surface area (Å²) < 4.78 is 5.04. The highest BCUT2D eigenvalue weighted by atomic mass is 16.3. The molecule has 136 valence electrons. The van der Waals surface area contributed by atoms with E-state index in [4.69, 9.17) is 4.42 Å². The van der Waals surface area contributed by atoms with Crippen LogP contribution in [-0.2, 0) is 0 Å². The van der Waals surface area contributed by atoms with E-state index in [2.05, 4.69) is 16.2 Å². The summed E-state index contributed by atoms with van der Waals surface area (Å²) in [6, 6.07) is 16.5. The third-order valence-corrected chi connectivity index (χ3v) is 3.73. The molecule has 0 atom stereocenters. The molecule has 0 aliphatic rings. The molecule has 0 saturated heterocycles. The summed E-state index contributed by atoms with van der Waals surface area (Å²) in [5, 5.41) is 2.61. The van der Waals surface area contributed by atoms with Crippen LogP contribution in [0.1, 0.15) is 36.8 Å². The third-order valence-electron chi connectivity index (χ3n) is 3.73. The lowest BCUT2D eigenvalue weighted by Gasteiger charge is -2.11. The van der Waals surface area contributed by atoms with Gasteiger partial charge in [-0.25, -0.2) is 0 Å². The van der Waals surface area contributed by atoms with Crippen LogP contribution < -0.4 is 16.2 Å². The number of carbonyl (C=O) groups excluding carboxylic acids is 3. The molecule has 3 aromatic rings. The number of hydrogen-bond donors (Lipinski definition) is 3. The SMILES string of the molecule is Cc1cccc(C(=O)NNC(=O)c2ccccc2NC(=O)c2ccco2)c1. The first-order valence-electron chi connectivity index (χ1n) is 8.16. The van der Waals surface area contributed by atoms with Crippen molar-refractivity contribution in [2.75, 3.05) is 5.32 Å². The molecule has 3 rings (SSSR count). The smallest absolute Gasteiger partial charge is 0.291 e. The fraction of sp³-hybridized carbons (Fsp3) is 0.0500. The first-order chi connectivity index (χ1) is 13.0. The molecule has 2 aromatic carbocycles. The van der Waals surface area contributed by atoms with Crippen LogP contribution in [-0.4, -0.2) is 17.7 Å². The zero-order chi connectivity index (χ0) is 19.2. The van der Waals surface area contributed by atoms with Crippen molar-refractivity contribution in [1.82, 2.24) is 10.9 Å². The number of anilines is 1. The van der Waals surface area contributed by atoms with Crippen LogP contribution in [0.25, 0.3) is 0 Å². The topological polar surface area (TPSA) is 100 Å². The number of benzene rings is 2. The number of furan rings is 1. The van der Waals surface area contributed by atoms with Gasteiger partial charge in [0, 0.05) is 5.56 Å². The monoisotopic (exact) mass is 363 g/mol. The van der Waals surface area contributed by atoms with Crippen LogP contribution >= 0.6 is 0 Å². The van der Waals surface area contributed by atoms with Gasteiger partial charge in [0.25, 0.3) is 17.7 Å². The minimum Gasteiger partial charge on any atom is -0.459 e. The summed E-state index contributed by atoms with van der Waals surface area (Å²) in [5.74, 6) is -1.36. The van der Waals surface area contributed by atoms with Gasteiger partial charge in [-0.05, 0) is 43.3 Å². The zero-order valence-corrected chi connectivity index (χ0v) is 14.5. The van der Waals surface area contributed by atoms with Crippen molar-refractivity contribution in [2.45, 2.75) is 6.92 Å². The van der Waals surface area contributed by atoms with E-state index in [1.807, 2.05) is 13.0 Å². The van der Waals surface area contributed by atoms with Gasteiger partial charge in [-0.2, -0.15) is 0 Å². The summed E-state index contributed by atoms with van der Waals surface area (Å²) in [5.41, 5.74) is 6.56. The van der Waals surface area contributed by atoms with E-state index in [9.17, 15) is 14.4 Å². The Morgan fingerprint density at radius 2 is 1.59 bits per heavy atom. The second-order valence-electron chi connectivity index (χ2n) is 5.75. The van der Waals surface area contributed by atoms with E-state index in [0.717, 1.165) is 5.56 Å². The molecule has 0 fully saturated rings. The van der Waals surface area contributed by atoms with E-state index in [-0.39, 0.29) is 11.3 Å². The van der Waals surface area contributed by atoms with Gasteiger partial charge < -0.3 is 9.73 Å².